The fourth-order valence-corrected chi connectivity index (χ4v) is 1.83. The molecule has 11 heavy (non-hydrogen) atoms. The van der Waals surface area contributed by atoms with Gasteiger partial charge in [-0.1, -0.05) is 0 Å². The molecule has 2 N–H and O–H groups in total. The first-order chi connectivity index (χ1) is 5.37. The van der Waals surface area contributed by atoms with Crippen molar-refractivity contribution in [2.45, 2.75) is 18.4 Å². The molecule has 1 heterocycles. The molecular weight excluding hydrogens is 140 g/mol. The lowest BCUT2D eigenvalue weighted by Gasteiger charge is -2.33. The van der Waals surface area contributed by atoms with Gasteiger partial charge in [-0.05, 0) is 12.8 Å². The van der Waals surface area contributed by atoms with Crippen LogP contribution in [0.2, 0.25) is 0 Å². The number of hydrogen-bond acceptors (Lipinski definition) is 3. The summed E-state index contributed by atoms with van der Waals surface area (Å²) in [4.78, 5) is 2.50. The first-order valence-electron chi connectivity index (χ1n) is 4.40. The Balaban J connectivity index is 1.92. The minimum Gasteiger partial charge on any atom is -0.379 e. The van der Waals surface area contributed by atoms with Crippen LogP contribution in [-0.4, -0.2) is 43.3 Å². The Morgan fingerprint density at radius 3 is 2.36 bits per heavy atom. The molecule has 2 fully saturated rings. The number of ether oxygens (including phenoxy) is 1. The summed E-state index contributed by atoms with van der Waals surface area (Å²) in [5.41, 5.74) is 6.11. The molecule has 1 aliphatic carbocycles. The van der Waals surface area contributed by atoms with Crippen molar-refractivity contribution in [3.05, 3.63) is 0 Å². The number of morpholine rings is 1. The van der Waals surface area contributed by atoms with Gasteiger partial charge in [0.2, 0.25) is 0 Å². The maximum absolute atomic E-state index is 5.72. The molecule has 0 radical (unpaired) electrons. The van der Waals surface area contributed by atoms with Gasteiger partial charge in [0.15, 0.2) is 0 Å². The van der Waals surface area contributed by atoms with Crippen LogP contribution in [0.15, 0.2) is 0 Å². The highest BCUT2D eigenvalue weighted by molar-refractivity contribution is 5.04. The number of rotatable bonds is 2. The Labute approximate surface area is 67.5 Å². The van der Waals surface area contributed by atoms with E-state index in [0.717, 1.165) is 32.8 Å². The molecule has 0 amide bonds. The molecule has 0 spiro atoms. The molecule has 1 aliphatic heterocycles. The highest BCUT2D eigenvalue weighted by atomic mass is 16.5. The van der Waals surface area contributed by atoms with E-state index in [9.17, 15) is 0 Å². The summed E-state index contributed by atoms with van der Waals surface area (Å²) in [7, 11) is 0. The van der Waals surface area contributed by atoms with E-state index in [1.54, 1.807) is 0 Å². The summed E-state index contributed by atoms with van der Waals surface area (Å²) in [6.07, 6.45) is 2.59. The van der Waals surface area contributed by atoms with Crippen LogP contribution in [-0.2, 0) is 4.74 Å². The van der Waals surface area contributed by atoms with Gasteiger partial charge in [-0.15, -0.1) is 0 Å². The quantitative estimate of drug-likeness (QED) is 0.602. The molecule has 0 aromatic rings. The molecule has 1 saturated carbocycles. The van der Waals surface area contributed by atoms with Crippen molar-refractivity contribution < 1.29 is 4.74 Å². The summed E-state index contributed by atoms with van der Waals surface area (Å²) in [6.45, 7) is 4.77. The van der Waals surface area contributed by atoms with Gasteiger partial charge in [-0.2, -0.15) is 0 Å². The van der Waals surface area contributed by atoms with E-state index >= 15 is 0 Å². The maximum Gasteiger partial charge on any atom is 0.0594 e. The fourth-order valence-electron chi connectivity index (χ4n) is 1.83. The zero-order valence-corrected chi connectivity index (χ0v) is 6.88. The molecule has 2 aliphatic rings. The van der Waals surface area contributed by atoms with Crippen molar-refractivity contribution in [1.82, 2.24) is 4.90 Å². The zero-order valence-electron chi connectivity index (χ0n) is 6.88. The molecule has 64 valence electrons. The van der Waals surface area contributed by atoms with Gasteiger partial charge in [-0.3, -0.25) is 4.90 Å². The normalized spacial score (nSPS) is 30.3. The Morgan fingerprint density at radius 2 is 1.91 bits per heavy atom. The van der Waals surface area contributed by atoms with E-state index < -0.39 is 0 Å². The van der Waals surface area contributed by atoms with Crippen LogP contribution < -0.4 is 5.73 Å². The summed E-state index contributed by atoms with van der Waals surface area (Å²) in [5, 5.41) is 0. The summed E-state index contributed by atoms with van der Waals surface area (Å²) in [6, 6.07) is 0. The van der Waals surface area contributed by atoms with Gasteiger partial charge >= 0.3 is 0 Å². The fraction of sp³-hybridized carbons (Fsp3) is 1.00. The van der Waals surface area contributed by atoms with Crippen LogP contribution in [0.1, 0.15) is 12.8 Å². The van der Waals surface area contributed by atoms with Crippen LogP contribution >= 0.6 is 0 Å². The molecule has 0 aromatic carbocycles. The molecule has 3 nitrogen and oxygen atoms in total. The second-order valence-corrected chi connectivity index (χ2v) is 3.53. The first-order valence-corrected chi connectivity index (χ1v) is 4.40. The predicted molar refractivity (Wildman–Crippen MR) is 43.4 cm³/mol. The SMILES string of the molecule is NCC1(N2CCOCC2)CC1. The van der Waals surface area contributed by atoms with Gasteiger partial charge in [-0.25, -0.2) is 0 Å². The average molecular weight is 156 g/mol. The zero-order chi connectivity index (χ0) is 7.73. The number of hydrogen-bond donors (Lipinski definition) is 1. The van der Waals surface area contributed by atoms with E-state index in [2.05, 4.69) is 4.90 Å². The molecule has 2 rings (SSSR count). The van der Waals surface area contributed by atoms with E-state index in [1.807, 2.05) is 0 Å². The van der Waals surface area contributed by atoms with Crippen molar-refractivity contribution in [3.8, 4) is 0 Å². The van der Waals surface area contributed by atoms with Crippen LogP contribution in [0.3, 0.4) is 0 Å². The smallest absolute Gasteiger partial charge is 0.0594 e. The van der Waals surface area contributed by atoms with E-state index in [4.69, 9.17) is 10.5 Å². The second kappa shape index (κ2) is 2.73. The lowest BCUT2D eigenvalue weighted by Crippen LogP contribution is -2.48. The third-order valence-electron chi connectivity index (χ3n) is 2.89. The lowest BCUT2D eigenvalue weighted by atomic mass is 10.2. The minimum atomic E-state index is 0.393. The third-order valence-corrected chi connectivity index (χ3v) is 2.89. The van der Waals surface area contributed by atoms with Crippen molar-refractivity contribution in [3.63, 3.8) is 0 Å². The van der Waals surface area contributed by atoms with Crippen molar-refractivity contribution in [1.29, 1.82) is 0 Å². The standard InChI is InChI=1S/C8H16N2O/c9-7-8(1-2-8)10-3-5-11-6-4-10/h1-7,9H2. The van der Waals surface area contributed by atoms with Crippen LogP contribution in [0.5, 0.6) is 0 Å². The monoisotopic (exact) mass is 156 g/mol. The average Bonchev–Trinajstić information content (AvgIpc) is 2.86. The maximum atomic E-state index is 5.72. The second-order valence-electron chi connectivity index (χ2n) is 3.53. The van der Waals surface area contributed by atoms with Crippen molar-refractivity contribution >= 4 is 0 Å². The predicted octanol–water partition coefficient (Wildman–Crippen LogP) is -0.190. The molecule has 0 unspecified atom stereocenters. The summed E-state index contributed by atoms with van der Waals surface area (Å²) in [5.74, 6) is 0. The van der Waals surface area contributed by atoms with Gasteiger partial charge in [0, 0.05) is 25.2 Å². The first kappa shape index (κ1) is 7.53. The molecular formula is C8H16N2O. The van der Waals surface area contributed by atoms with Crippen molar-refractivity contribution in [2.75, 3.05) is 32.8 Å². The summed E-state index contributed by atoms with van der Waals surface area (Å²) >= 11 is 0. The Morgan fingerprint density at radius 1 is 1.27 bits per heavy atom. The Hall–Kier alpha value is -0.120. The van der Waals surface area contributed by atoms with E-state index in [-0.39, 0.29) is 0 Å². The largest absolute Gasteiger partial charge is 0.379 e. The summed E-state index contributed by atoms with van der Waals surface area (Å²) < 4.78 is 5.28. The van der Waals surface area contributed by atoms with E-state index in [0.29, 0.717) is 5.54 Å². The highest BCUT2D eigenvalue weighted by Gasteiger charge is 2.46. The van der Waals surface area contributed by atoms with Crippen molar-refractivity contribution in [2.24, 2.45) is 5.73 Å². The molecule has 1 saturated heterocycles. The van der Waals surface area contributed by atoms with Crippen LogP contribution in [0.25, 0.3) is 0 Å². The Kier molecular flexibility index (Phi) is 1.87. The van der Waals surface area contributed by atoms with Gasteiger partial charge in [0.25, 0.3) is 0 Å². The van der Waals surface area contributed by atoms with Gasteiger partial charge < -0.3 is 10.5 Å². The van der Waals surface area contributed by atoms with Gasteiger partial charge in [0.1, 0.15) is 0 Å². The number of nitrogens with two attached hydrogens (primary N) is 1. The molecule has 0 atom stereocenters. The number of nitrogens with zero attached hydrogens (tertiary/aromatic N) is 1. The molecule has 0 bridgehead atoms. The molecule has 3 heteroatoms. The minimum absolute atomic E-state index is 0.393. The third kappa shape index (κ3) is 1.28. The van der Waals surface area contributed by atoms with E-state index in [1.165, 1.54) is 12.8 Å². The Bertz CT molecular complexity index is 139. The van der Waals surface area contributed by atoms with Crippen LogP contribution in [0.4, 0.5) is 0 Å². The molecule has 0 aromatic heterocycles. The lowest BCUT2D eigenvalue weighted by molar-refractivity contribution is 0.0116. The van der Waals surface area contributed by atoms with Crippen LogP contribution in [0, 0.1) is 0 Å². The topological polar surface area (TPSA) is 38.5 Å². The van der Waals surface area contributed by atoms with Gasteiger partial charge in [0.05, 0.1) is 13.2 Å². The highest BCUT2D eigenvalue weighted by Crippen LogP contribution is 2.40.